The summed E-state index contributed by atoms with van der Waals surface area (Å²) in [7, 11) is 1.83. The van der Waals surface area contributed by atoms with Crippen LogP contribution in [-0.2, 0) is 19.4 Å². The van der Waals surface area contributed by atoms with Crippen molar-refractivity contribution < 1.29 is 0 Å². The first-order chi connectivity index (χ1) is 9.67. The largest absolute Gasteiger partial charge is 0.373 e. The maximum atomic E-state index is 12.1. The smallest absolute Gasteiger partial charge is 0.251 e. The molecule has 1 N–H and O–H groups in total. The molecule has 2 heterocycles. The summed E-state index contributed by atoms with van der Waals surface area (Å²) in [5.74, 6) is 1.46. The van der Waals surface area contributed by atoms with Crippen molar-refractivity contribution in [2.75, 3.05) is 12.4 Å². The molecule has 0 spiro atoms. The number of aryl methyl sites for hydroxylation is 2. The molecular formula is C15H18N4O. The lowest BCUT2D eigenvalue weighted by Crippen LogP contribution is -2.24. The first-order valence-corrected chi connectivity index (χ1v) is 6.91. The van der Waals surface area contributed by atoms with Gasteiger partial charge in [0.25, 0.3) is 5.56 Å². The van der Waals surface area contributed by atoms with Crippen LogP contribution in [-0.4, -0.2) is 21.6 Å². The second-order valence-electron chi connectivity index (χ2n) is 5.14. The van der Waals surface area contributed by atoms with Crippen molar-refractivity contribution in [3.63, 3.8) is 0 Å². The zero-order chi connectivity index (χ0) is 14.1. The summed E-state index contributed by atoms with van der Waals surface area (Å²) in [4.78, 5) is 21.0. The molecule has 0 aromatic carbocycles. The predicted molar refractivity (Wildman–Crippen MR) is 78.1 cm³/mol. The van der Waals surface area contributed by atoms with Crippen LogP contribution in [0.3, 0.4) is 0 Å². The van der Waals surface area contributed by atoms with Crippen molar-refractivity contribution in [3.05, 3.63) is 51.3 Å². The average molecular weight is 270 g/mol. The van der Waals surface area contributed by atoms with Gasteiger partial charge < -0.3 is 9.88 Å². The summed E-state index contributed by atoms with van der Waals surface area (Å²) in [6.45, 7) is 2.38. The Morgan fingerprint density at radius 3 is 2.95 bits per heavy atom. The molecule has 0 radical (unpaired) electrons. The van der Waals surface area contributed by atoms with Crippen LogP contribution in [0.2, 0.25) is 0 Å². The van der Waals surface area contributed by atoms with Gasteiger partial charge in [-0.25, -0.2) is 9.97 Å². The molecule has 2 aromatic rings. The molecule has 0 amide bonds. The highest BCUT2D eigenvalue weighted by Crippen LogP contribution is 2.20. The Bertz CT molecular complexity index is 706. The van der Waals surface area contributed by atoms with E-state index >= 15 is 0 Å². The first-order valence-electron chi connectivity index (χ1n) is 6.91. The highest BCUT2D eigenvalue weighted by molar-refractivity contribution is 5.35. The molecule has 5 nitrogen and oxygen atoms in total. The number of nitrogens with zero attached hydrogens (tertiary/aromatic N) is 3. The van der Waals surface area contributed by atoms with Gasteiger partial charge in [-0.3, -0.25) is 4.79 Å². The zero-order valence-corrected chi connectivity index (χ0v) is 11.8. The summed E-state index contributed by atoms with van der Waals surface area (Å²) in [6, 6.07) is 5.50. The van der Waals surface area contributed by atoms with Crippen LogP contribution in [0.4, 0.5) is 5.82 Å². The van der Waals surface area contributed by atoms with E-state index in [9.17, 15) is 4.79 Å². The summed E-state index contributed by atoms with van der Waals surface area (Å²) < 4.78 is 1.82. The van der Waals surface area contributed by atoms with E-state index in [1.165, 1.54) is 5.56 Å². The Kier molecular flexibility index (Phi) is 3.26. The van der Waals surface area contributed by atoms with Gasteiger partial charge in [-0.1, -0.05) is 6.07 Å². The van der Waals surface area contributed by atoms with Crippen LogP contribution in [0.25, 0.3) is 0 Å². The fourth-order valence-electron chi connectivity index (χ4n) is 2.78. The van der Waals surface area contributed by atoms with Gasteiger partial charge in [0.15, 0.2) is 5.82 Å². The summed E-state index contributed by atoms with van der Waals surface area (Å²) in [5, 5.41) is 3.02. The third-order valence-corrected chi connectivity index (χ3v) is 3.71. The average Bonchev–Trinajstić information content (AvgIpc) is 2.90. The maximum Gasteiger partial charge on any atom is 0.251 e. The van der Waals surface area contributed by atoms with Crippen LogP contribution in [0, 0.1) is 6.92 Å². The number of hydrogen-bond donors (Lipinski definition) is 1. The Balaban J connectivity index is 2.02. The topological polar surface area (TPSA) is 59.8 Å². The molecule has 0 saturated heterocycles. The van der Waals surface area contributed by atoms with E-state index < -0.39 is 0 Å². The van der Waals surface area contributed by atoms with Crippen molar-refractivity contribution in [2.45, 2.75) is 32.7 Å². The van der Waals surface area contributed by atoms with Gasteiger partial charge >= 0.3 is 0 Å². The number of nitrogens with one attached hydrogen (secondary N) is 1. The van der Waals surface area contributed by atoms with Crippen molar-refractivity contribution >= 4 is 5.82 Å². The van der Waals surface area contributed by atoms with Gasteiger partial charge in [0.2, 0.25) is 0 Å². The lowest BCUT2D eigenvalue weighted by atomic mass is 10.2. The summed E-state index contributed by atoms with van der Waals surface area (Å²) in [5.41, 5.74) is 3.36. The molecule has 3 rings (SSSR count). The van der Waals surface area contributed by atoms with E-state index in [2.05, 4.69) is 15.3 Å². The number of rotatable bonds is 3. The minimum Gasteiger partial charge on any atom is -0.373 e. The number of aromatic nitrogens is 3. The lowest BCUT2D eigenvalue weighted by molar-refractivity contribution is 0.673. The van der Waals surface area contributed by atoms with Gasteiger partial charge in [-0.2, -0.15) is 0 Å². The van der Waals surface area contributed by atoms with E-state index in [1.807, 2.05) is 30.7 Å². The maximum absolute atomic E-state index is 12.1. The normalized spacial score (nSPS) is 13.3. The molecule has 0 unspecified atom stereocenters. The number of hydrogen-bond acceptors (Lipinski definition) is 4. The molecule has 0 atom stereocenters. The van der Waals surface area contributed by atoms with E-state index in [0.29, 0.717) is 12.4 Å². The zero-order valence-electron chi connectivity index (χ0n) is 11.8. The highest BCUT2D eigenvalue weighted by atomic mass is 16.1. The third kappa shape index (κ3) is 2.31. The number of fused-ring (bicyclic) bond motifs is 1. The van der Waals surface area contributed by atoms with Gasteiger partial charge in [-0.15, -0.1) is 0 Å². The molecule has 1 aliphatic carbocycles. The van der Waals surface area contributed by atoms with Crippen molar-refractivity contribution in [1.29, 1.82) is 0 Å². The molecule has 0 aliphatic heterocycles. The second kappa shape index (κ2) is 5.07. The molecule has 2 aromatic heterocycles. The number of pyridine rings is 1. The van der Waals surface area contributed by atoms with Gasteiger partial charge in [0.1, 0.15) is 5.82 Å². The molecule has 1 aliphatic rings. The second-order valence-corrected chi connectivity index (χ2v) is 5.14. The minimum absolute atomic E-state index is 0.0294. The molecule has 0 saturated carbocycles. The standard InChI is InChI=1S/C15H18N4O/c1-10-8-13(16-2)18-14(17-10)9-19-12-5-3-4-11(12)6-7-15(19)20/h6-8H,3-5,9H2,1-2H3,(H,16,17,18). The Morgan fingerprint density at radius 1 is 1.30 bits per heavy atom. The van der Waals surface area contributed by atoms with Gasteiger partial charge in [0.05, 0.1) is 6.54 Å². The lowest BCUT2D eigenvalue weighted by Gasteiger charge is -2.12. The summed E-state index contributed by atoms with van der Waals surface area (Å²) >= 11 is 0. The Labute approximate surface area is 117 Å². The van der Waals surface area contributed by atoms with Crippen molar-refractivity contribution in [2.24, 2.45) is 0 Å². The van der Waals surface area contributed by atoms with Crippen LogP contribution in [0.5, 0.6) is 0 Å². The molecule has 104 valence electrons. The molecular weight excluding hydrogens is 252 g/mol. The number of anilines is 1. The Morgan fingerprint density at radius 2 is 2.15 bits per heavy atom. The van der Waals surface area contributed by atoms with E-state index in [0.717, 1.165) is 36.5 Å². The monoisotopic (exact) mass is 270 g/mol. The molecule has 0 bridgehead atoms. The minimum atomic E-state index is 0.0294. The van der Waals surface area contributed by atoms with Crippen molar-refractivity contribution in [3.8, 4) is 0 Å². The van der Waals surface area contributed by atoms with Crippen LogP contribution in [0.1, 0.15) is 29.2 Å². The fourth-order valence-corrected chi connectivity index (χ4v) is 2.78. The van der Waals surface area contributed by atoms with Gasteiger partial charge in [0, 0.05) is 30.6 Å². The van der Waals surface area contributed by atoms with E-state index in [-0.39, 0.29) is 5.56 Å². The SMILES string of the molecule is CNc1cc(C)nc(Cn2c3c(ccc2=O)CCC3)n1. The fraction of sp³-hybridized carbons (Fsp3) is 0.400. The van der Waals surface area contributed by atoms with E-state index in [4.69, 9.17) is 0 Å². The molecule has 5 heteroatoms. The van der Waals surface area contributed by atoms with Crippen LogP contribution >= 0.6 is 0 Å². The predicted octanol–water partition coefficient (Wildman–Crippen LogP) is 1.53. The van der Waals surface area contributed by atoms with Crippen LogP contribution < -0.4 is 10.9 Å². The van der Waals surface area contributed by atoms with E-state index in [1.54, 1.807) is 6.07 Å². The summed E-state index contributed by atoms with van der Waals surface area (Å²) in [6.07, 6.45) is 3.15. The first kappa shape index (κ1) is 12.8. The van der Waals surface area contributed by atoms with Crippen LogP contribution in [0.15, 0.2) is 23.0 Å². The van der Waals surface area contributed by atoms with Crippen molar-refractivity contribution in [1.82, 2.24) is 14.5 Å². The Hall–Kier alpha value is -2.17. The third-order valence-electron chi connectivity index (χ3n) is 3.71. The molecule has 0 fully saturated rings. The quantitative estimate of drug-likeness (QED) is 0.918. The highest BCUT2D eigenvalue weighted by Gasteiger charge is 2.16. The van der Waals surface area contributed by atoms with Gasteiger partial charge in [-0.05, 0) is 31.7 Å². The molecule has 20 heavy (non-hydrogen) atoms.